The molecule has 0 aliphatic heterocycles. The standard InChI is InChI=1S/2C22H28FN3O6S.C17H15ClO4.C5H14NO.Ca/c2*1-13(2)20-18(10-9-16(27)11-17(28)12-19(29)30)21(14-5-7-15(23)8-6-14)25-22(24-20)26(3)33(4,31)32;1-17(2,16(20)21)22-14-9-5-12(6-10-14)15(19)11-3-7-13(18)8-4-11;1-6(2,3)4-5-7;/h2*5-10,13,16-17,27-28H,11-12H2,1-4H3,(H,29,30);3-10H,1-2H3,(H,20,21);7H,4-5H2,1-3H3;/q;;;+1;+2/p-3/b2*10-9+;;;/t2*16-,17-;;;/m11.../s1. The molecule has 0 spiro atoms. The van der Waals surface area contributed by atoms with Gasteiger partial charge in [-0.1, -0.05) is 63.6 Å². The van der Waals surface area contributed by atoms with Gasteiger partial charge in [0.2, 0.25) is 31.9 Å². The molecule has 96 heavy (non-hydrogen) atoms. The van der Waals surface area contributed by atoms with Gasteiger partial charge in [0.15, 0.2) is 5.78 Å². The fourth-order valence-electron chi connectivity index (χ4n) is 8.15. The first-order valence-electron chi connectivity index (χ1n) is 29.4. The predicted molar refractivity (Wildman–Crippen MR) is 357 cm³/mol. The van der Waals surface area contributed by atoms with Gasteiger partial charge in [0.25, 0.3) is 0 Å². The molecule has 0 aliphatic rings. The number of halogens is 3. The van der Waals surface area contributed by atoms with Gasteiger partial charge >= 0.3 is 37.7 Å². The number of ketones is 1. The molecule has 0 amide bonds. The number of aromatic nitrogens is 4. The number of sulfonamides is 2. The fourth-order valence-corrected chi connectivity index (χ4v) is 9.03. The van der Waals surface area contributed by atoms with E-state index in [2.05, 4.69) is 41.1 Å². The van der Waals surface area contributed by atoms with E-state index in [0.717, 1.165) is 32.1 Å². The predicted octanol–water partition coefficient (Wildman–Crippen LogP) is 3.92. The van der Waals surface area contributed by atoms with Gasteiger partial charge in [0.05, 0.1) is 93.4 Å². The van der Waals surface area contributed by atoms with Crippen molar-refractivity contribution in [2.45, 2.75) is 109 Å². The van der Waals surface area contributed by atoms with Crippen LogP contribution in [0.4, 0.5) is 20.7 Å². The van der Waals surface area contributed by atoms with Crippen LogP contribution in [-0.2, 0) is 34.4 Å². The van der Waals surface area contributed by atoms with Gasteiger partial charge in [0, 0.05) is 90.1 Å². The molecule has 0 unspecified atom stereocenters. The third kappa shape index (κ3) is 28.6. The second kappa shape index (κ2) is 38.3. The molecule has 0 fully saturated rings. The molecule has 0 radical (unpaired) electrons. The maximum Gasteiger partial charge on any atom is 2.00 e. The Morgan fingerprint density at radius 3 is 1.24 bits per heavy atom. The summed E-state index contributed by atoms with van der Waals surface area (Å²) in [5, 5.41) is 81.0. The van der Waals surface area contributed by atoms with E-state index in [1.807, 2.05) is 27.7 Å². The van der Waals surface area contributed by atoms with Gasteiger partial charge < -0.3 is 64.5 Å². The molecule has 4 atom stereocenters. The van der Waals surface area contributed by atoms with E-state index >= 15 is 0 Å². The summed E-state index contributed by atoms with van der Waals surface area (Å²) in [5.74, 6) is -5.39. The van der Waals surface area contributed by atoms with Crippen LogP contribution in [0.25, 0.3) is 34.7 Å². The molecule has 0 saturated carbocycles. The summed E-state index contributed by atoms with van der Waals surface area (Å²) < 4.78 is 83.3. The Morgan fingerprint density at radius 1 is 0.615 bits per heavy atom. The minimum Gasteiger partial charge on any atom is -0.550 e. The minimum absolute atomic E-state index is 0. The fraction of sp³-hybridized carbons (Fsp3) is 0.394. The maximum atomic E-state index is 13.5. The van der Waals surface area contributed by atoms with Gasteiger partial charge in [-0.3, -0.25) is 4.79 Å². The first-order valence-corrected chi connectivity index (χ1v) is 33.5. The Bertz CT molecular complexity index is 3670. The number of ether oxygens (including phenoxy) is 1. The summed E-state index contributed by atoms with van der Waals surface area (Å²) in [6.07, 6.45) is 1.16. The molecule has 0 saturated heterocycles. The quantitative estimate of drug-likeness (QED) is 0.0277. The van der Waals surface area contributed by atoms with E-state index in [4.69, 9.17) is 21.4 Å². The number of hydrogen-bond donors (Lipinski definition) is 5. The van der Waals surface area contributed by atoms with Crippen LogP contribution in [0.2, 0.25) is 5.02 Å². The van der Waals surface area contributed by atoms with Crippen molar-refractivity contribution in [1.82, 2.24) is 19.9 Å². The van der Waals surface area contributed by atoms with E-state index in [0.29, 0.717) is 66.9 Å². The van der Waals surface area contributed by atoms with Gasteiger partial charge in [-0.05, 0) is 123 Å². The van der Waals surface area contributed by atoms with Crippen molar-refractivity contribution in [3.8, 4) is 28.3 Å². The van der Waals surface area contributed by atoms with Crippen LogP contribution in [0.3, 0.4) is 0 Å². The van der Waals surface area contributed by atoms with Gasteiger partial charge in [-0.25, -0.2) is 54.2 Å². The number of carbonyl (C=O) groups excluding carboxylic acids is 4. The number of carboxylic acid groups (broad SMARTS) is 3. The number of nitrogens with zero attached hydrogens (tertiary/aromatic N) is 7. The average molecular weight is 1420 g/mol. The van der Waals surface area contributed by atoms with Gasteiger partial charge in [-0.2, -0.15) is 0 Å². The van der Waals surface area contributed by atoms with Crippen LogP contribution in [0.15, 0.2) is 109 Å². The number of aliphatic carboxylic acids is 3. The van der Waals surface area contributed by atoms with Crippen LogP contribution in [0.5, 0.6) is 5.75 Å². The smallest absolute Gasteiger partial charge is 0.550 e. The summed E-state index contributed by atoms with van der Waals surface area (Å²) >= 11 is 5.79. The SMILES string of the molecule is CC(C)(Oc1ccc(C(=O)c2ccc(Cl)cc2)cc1)C(=O)[O-].CC(C)c1nc(N(C)S(C)(=O)=O)nc(-c2ccc(F)cc2)c1/C=C/[C@@H](O)C[C@@H](O)CC(=O)[O-].CC(C)c1nc(N(C)S(C)(=O)=O)nc(-c2ccc(F)cc2)c1/C=C/[C@@H](O)C[C@@H](O)CC(=O)[O-].C[N+](C)(C)CCO.[Ca+2]. The Kier molecular flexibility index (Phi) is 34.0. The number of aliphatic hydroxyl groups is 5. The zero-order chi connectivity index (χ0) is 72.1. The van der Waals surface area contributed by atoms with Crippen molar-refractivity contribution in [2.24, 2.45) is 0 Å². The normalized spacial score (nSPS) is 13.0. The topological polar surface area (TPSA) is 374 Å². The van der Waals surface area contributed by atoms with E-state index < -0.39 is 92.4 Å². The van der Waals surface area contributed by atoms with Crippen molar-refractivity contribution in [3.63, 3.8) is 0 Å². The van der Waals surface area contributed by atoms with Crippen molar-refractivity contribution in [3.05, 3.63) is 160 Å². The Balaban J connectivity index is 0.000000471. The number of carboxylic acids is 3. The molecule has 4 aromatic carbocycles. The van der Waals surface area contributed by atoms with Crippen LogP contribution >= 0.6 is 11.6 Å². The van der Waals surface area contributed by atoms with Crippen LogP contribution in [0, 0.1) is 11.6 Å². The Morgan fingerprint density at radius 2 is 0.958 bits per heavy atom. The van der Waals surface area contributed by atoms with Crippen molar-refractivity contribution < 1.29 is 94.9 Å². The first kappa shape index (κ1) is 85.2. The number of rotatable bonds is 27. The summed E-state index contributed by atoms with van der Waals surface area (Å²) in [5.41, 5.74) is 3.07. The zero-order valence-corrected chi connectivity index (χ0v) is 60.3. The molecule has 5 N–H and O–H groups in total. The largest absolute Gasteiger partial charge is 2.00 e. The van der Waals surface area contributed by atoms with E-state index in [1.165, 1.54) is 101 Å². The molecule has 2 aromatic heterocycles. The molecule has 30 heteroatoms. The van der Waals surface area contributed by atoms with Crippen LogP contribution < -0.4 is 28.7 Å². The zero-order valence-electron chi connectivity index (χ0n) is 55.7. The molecular weight excluding hydrogens is 1340 g/mol. The molecule has 2 heterocycles. The second-order valence-corrected chi connectivity index (χ2v) is 28.4. The number of hydrogen-bond acceptors (Lipinski definition) is 21. The number of quaternary nitrogens is 1. The number of likely N-dealkylation sites (N-methyl/N-ethyl adjacent to an activating group) is 1. The number of anilines is 2. The molecule has 6 aromatic rings. The van der Waals surface area contributed by atoms with E-state index in [1.54, 1.807) is 48.5 Å². The minimum atomic E-state index is -3.66. The van der Waals surface area contributed by atoms with Crippen LogP contribution in [0.1, 0.15) is 117 Å². The average Bonchev–Trinajstić information content (AvgIpc) is 0.789. The molecule has 24 nitrogen and oxygen atoms in total. The number of aliphatic hydroxyl groups excluding tert-OH is 5. The summed E-state index contributed by atoms with van der Waals surface area (Å²) in [6, 6.07) is 23.8. The van der Waals surface area contributed by atoms with E-state index in [9.17, 15) is 80.5 Å². The molecular formula is C66H82CaClF2N7O17S2. The number of carbonyl (C=O) groups is 4. The van der Waals surface area contributed by atoms with Gasteiger partial charge in [0.1, 0.15) is 29.5 Å². The Hall–Kier alpha value is -6.93. The Labute approximate surface area is 594 Å². The molecule has 0 aliphatic carbocycles. The van der Waals surface area contributed by atoms with Gasteiger partial charge in [-0.15, -0.1) is 0 Å². The third-order valence-electron chi connectivity index (χ3n) is 13.5. The van der Waals surface area contributed by atoms with Crippen LogP contribution in [-0.4, -0.2) is 219 Å². The van der Waals surface area contributed by atoms with Crippen molar-refractivity contribution in [1.29, 1.82) is 0 Å². The monoisotopic (exact) mass is 1420 g/mol. The van der Waals surface area contributed by atoms with Crippen molar-refractivity contribution in [2.75, 3.05) is 69.5 Å². The first-order chi connectivity index (χ1) is 43.9. The summed E-state index contributed by atoms with van der Waals surface area (Å²) in [6.45, 7) is 11.3. The summed E-state index contributed by atoms with van der Waals surface area (Å²) in [4.78, 5) is 62.0. The number of benzene rings is 4. The van der Waals surface area contributed by atoms with E-state index in [-0.39, 0.29) is 86.7 Å². The molecule has 518 valence electrons. The molecule has 6 rings (SSSR count). The van der Waals surface area contributed by atoms with Crippen molar-refractivity contribution >= 4 is 117 Å². The summed E-state index contributed by atoms with van der Waals surface area (Å²) in [7, 11) is 1.48. The molecule has 0 bridgehead atoms. The second-order valence-electron chi connectivity index (χ2n) is 23.9. The third-order valence-corrected chi connectivity index (χ3v) is 16.0. The maximum absolute atomic E-state index is 13.5.